The van der Waals surface area contributed by atoms with Gasteiger partial charge in [-0.2, -0.15) is 0 Å². The third kappa shape index (κ3) is 4.13. The van der Waals surface area contributed by atoms with Crippen molar-refractivity contribution in [3.8, 4) is 5.75 Å². The van der Waals surface area contributed by atoms with Crippen molar-refractivity contribution in [3.05, 3.63) is 34.4 Å². The normalized spacial score (nSPS) is 17.0. The zero-order valence-electron chi connectivity index (χ0n) is 12.8. The molecule has 1 aromatic rings. The lowest BCUT2D eigenvalue weighted by atomic mass is 10.2. The van der Waals surface area contributed by atoms with Crippen molar-refractivity contribution >= 4 is 29.3 Å². The molecule has 2 amide bonds. The van der Waals surface area contributed by atoms with E-state index in [4.69, 9.17) is 4.74 Å². The molecule has 1 heterocycles. The van der Waals surface area contributed by atoms with Gasteiger partial charge in [0.15, 0.2) is 6.61 Å². The van der Waals surface area contributed by atoms with Crippen LogP contribution in [0.25, 0.3) is 0 Å². The smallest absolute Gasteiger partial charge is 0.269 e. The molecule has 1 atom stereocenters. The molecule has 0 radical (unpaired) electrons. The Morgan fingerprint density at radius 1 is 1.39 bits per heavy atom. The number of nitrogens with zero attached hydrogens (tertiary/aromatic N) is 3. The van der Waals surface area contributed by atoms with Gasteiger partial charge in [0.05, 0.1) is 10.8 Å². The summed E-state index contributed by atoms with van der Waals surface area (Å²) in [6, 6.07) is 5.02. The summed E-state index contributed by atoms with van der Waals surface area (Å²) in [5.41, 5.74) is -0.0451. The minimum Gasteiger partial charge on any atom is -0.484 e. The zero-order valence-corrected chi connectivity index (χ0v) is 13.6. The number of benzene rings is 1. The SMILES string of the molecule is CN(C)C(=O)[C@@H]1CSCN1C(=O)COc1ccc([N+](=O)[O-])cc1. The molecule has 0 unspecified atom stereocenters. The summed E-state index contributed by atoms with van der Waals surface area (Å²) < 4.78 is 5.36. The number of carbonyl (C=O) groups excluding carboxylic acids is 2. The fourth-order valence-electron chi connectivity index (χ4n) is 2.08. The number of hydrogen-bond acceptors (Lipinski definition) is 6. The lowest BCUT2D eigenvalue weighted by Crippen LogP contribution is -2.48. The van der Waals surface area contributed by atoms with E-state index in [1.165, 1.54) is 45.8 Å². The number of ether oxygens (including phenoxy) is 1. The molecule has 0 aromatic heterocycles. The Kier molecular flexibility index (Phi) is 5.43. The maximum atomic E-state index is 12.2. The van der Waals surface area contributed by atoms with Crippen LogP contribution in [0.1, 0.15) is 0 Å². The molecule has 1 fully saturated rings. The van der Waals surface area contributed by atoms with Crippen molar-refractivity contribution in [3.63, 3.8) is 0 Å². The van der Waals surface area contributed by atoms with E-state index in [-0.39, 0.29) is 24.1 Å². The number of nitro groups is 1. The van der Waals surface area contributed by atoms with Crippen LogP contribution < -0.4 is 4.74 Å². The van der Waals surface area contributed by atoms with Crippen LogP contribution in [0.3, 0.4) is 0 Å². The van der Waals surface area contributed by atoms with E-state index in [0.29, 0.717) is 17.4 Å². The Labute approximate surface area is 137 Å². The molecule has 1 aromatic carbocycles. The molecule has 0 bridgehead atoms. The van der Waals surface area contributed by atoms with E-state index < -0.39 is 11.0 Å². The molecule has 0 aliphatic carbocycles. The van der Waals surface area contributed by atoms with E-state index in [1.54, 1.807) is 14.1 Å². The molecule has 0 spiro atoms. The fraction of sp³-hybridized carbons (Fsp3) is 0.429. The first-order valence-corrected chi connectivity index (χ1v) is 8.01. The number of carbonyl (C=O) groups is 2. The molecule has 0 saturated carbocycles. The van der Waals surface area contributed by atoms with Gasteiger partial charge < -0.3 is 14.5 Å². The average Bonchev–Trinajstić information content (AvgIpc) is 3.01. The van der Waals surface area contributed by atoms with Crippen molar-refractivity contribution < 1.29 is 19.2 Å². The number of non-ortho nitro benzene ring substituents is 1. The van der Waals surface area contributed by atoms with Gasteiger partial charge in [-0.1, -0.05) is 0 Å². The van der Waals surface area contributed by atoms with Crippen molar-refractivity contribution in [2.45, 2.75) is 6.04 Å². The van der Waals surface area contributed by atoms with Crippen LogP contribution in [0.15, 0.2) is 24.3 Å². The number of amides is 2. The van der Waals surface area contributed by atoms with Gasteiger partial charge in [-0.05, 0) is 12.1 Å². The van der Waals surface area contributed by atoms with Gasteiger partial charge in [0.25, 0.3) is 11.6 Å². The van der Waals surface area contributed by atoms with E-state index in [0.717, 1.165) is 0 Å². The lowest BCUT2D eigenvalue weighted by molar-refractivity contribution is -0.384. The van der Waals surface area contributed by atoms with Gasteiger partial charge in [-0.15, -0.1) is 11.8 Å². The summed E-state index contributed by atoms with van der Waals surface area (Å²) >= 11 is 1.52. The molecule has 8 nitrogen and oxygen atoms in total. The van der Waals surface area contributed by atoms with Crippen LogP contribution in [-0.4, -0.2) is 64.9 Å². The van der Waals surface area contributed by atoms with Crippen molar-refractivity contribution in [1.82, 2.24) is 9.80 Å². The Bertz CT molecular complexity index is 605. The summed E-state index contributed by atoms with van der Waals surface area (Å²) in [5, 5.41) is 10.6. The van der Waals surface area contributed by atoms with E-state index >= 15 is 0 Å². The Balaban J connectivity index is 1.93. The van der Waals surface area contributed by atoms with Crippen LogP contribution in [0.5, 0.6) is 5.75 Å². The quantitative estimate of drug-likeness (QED) is 0.586. The third-order valence-corrected chi connectivity index (χ3v) is 4.35. The molecular weight excluding hydrogens is 322 g/mol. The predicted molar refractivity (Wildman–Crippen MR) is 85.2 cm³/mol. The number of nitro benzene ring substituents is 1. The molecule has 9 heteroatoms. The summed E-state index contributed by atoms with van der Waals surface area (Å²) in [4.78, 5) is 37.3. The highest BCUT2D eigenvalue weighted by Crippen LogP contribution is 2.23. The number of hydrogen-bond donors (Lipinski definition) is 0. The third-order valence-electron chi connectivity index (χ3n) is 3.34. The highest BCUT2D eigenvalue weighted by molar-refractivity contribution is 7.99. The minimum absolute atomic E-state index is 0.0451. The second kappa shape index (κ2) is 7.32. The second-order valence-electron chi connectivity index (χ2n) is 5.15. The van der Waals surface area contributed by atoms with Crippen molar-refractivity contribution in [1.29, 1.82) is 0 Å². The maximum absolute atomic E-state index is 12.2. The molecule has 2 rings (SSSR count). The van der Waals surface area contributed by atoms with E-state index in [1.807, 2.05) is 0 Å². The van der Waals surface area contributed by atoms with Crippen LogP contribution in [0.4, 0.5) is 5.69 Å². The number of rotatable bonds is 5. The standard InChI is InChI=1S/C14H17N3O5S/c1-15(2)14(19)12-8-23-9-16(12)13(18)7-22-11-5-3-10(4-6-11)17(20)21/h3-6,12H,7-9H2,1-2H3/t12-/m0/s1. The topological polar surface area (TPSA) is 93.0 Å². The number of likely N-dealkylation sites (N-methyl/N-ethyl adjacent to an activating group) is 1. The summed E-state index contributed by atoms with van der Waals surface area (Å²) in [6.45, 7) is -0.213. The van der Waals surface area contributed by atoms with E-state index in [9.17, 15) is 19.7 Å². The van der Waals surface area contributed by atoms with Gasteiger partial charge in [-0.3, -0.25) is 19.7 Å². The van der Waals surface area contributed by atoms with Gasteiger partial charge in [0.1, 0.15) is 11.8 Å². The van der Waals surface area contributed by atoms with Crippen LogP contribution in [-0.2, 0) is 9.59 Å². The summed E-state index contributed by atoms with van der Waals surface area (Å²) in [6.07, 6.45) is 0. The first-order chi connectivity index (χ1) is 10.9. The Hall–Kier alpha value is -2.29. The largest absolute Gasteiger partial charge is 0.484 e. The molecule has 1 aliphatic heterocycles. The van der Waals surface area contributed by atoms with Crippen molar-refractivity contribution in [2.75, 3.05) is 32.3 Å². The van der Waals surface area contributed by atoms with Crippen molar-refractivity contribution in [2.24, 2.45) is 0 Å². The minimum atomic E-state index is -0.506. The molecule has 124 valence electrons. The Morgan fingerprint density at radius 3 is 2.61 bits per heavy atom. The molecule has 1 saturated heterocycles. The summed E-state index contributed by atoms with van der Waals surface area (Å²) in [5.74, 6) is 0.992. The Morgan fingerprint density at radius 2 is 2.04 bits per heavy atom. The predicted octanol–water partition coefficient (Wildman–Crippen LogP) is 0.963. The summed E-state index contributed by atoms with van der Waals surface area (Å²) in [7, 11) is 3.31. The van der Waals surface area contributed by atoms with Gasteiger partial charge >= 0.3 is 0 Å². The highest BCUT2D eigenvalue weighted by Gasteiger charge is 2.35. The highest BCUT2D eigenvalue weighted by atomic mass is 32.2. The van der Waals surface area contributed by atoms with Gasteiger partial charge in [-0.25, -0.2) is 0 Å². The van der Waals surface area contributed by atoms with Crippen LogP contribution >= 0.6 is 11.8 Å². The van der Waals surface area contributed by atoms with Gasteiger partial charge in [0, 0.05) is 32.0 Å². The molecule has 1 aliphatic rings. The van der Waals surface area contributed by atoms with Crippen LogP contribution in [0.2, 0.25) is 0 Å². The lowest BCUT2D eigenvalue weighted by Gasteiger charge is -2.25. The molecule has 0 N–H and O–H groups in total. The molecule has 23 heavy (non-hydrogen) atoms. The van der Waals surface area contributed by atoms with Crippen LogP contribution in [0, 0.1) is 10.1 Å². The van der Waals surface area contributed by atoms with Gasteiger partial charge in [0.2, 0.25) is 5.91 Å². The number of thioether (sulfide) groups is 1. The van der Waals surface area contributed by atoms with E-state index in [2.05, 4.69) is 0 Å². The average molecular weight is 339 g/mol. The zero-order chi connectivity index (χ0) is 17.0. The maximum Gasteiger partial charge on any atom is 0.269 e. The monoisotopic (exact) mass is 339 g/mol. The first-order valence-electron chi connectivity index (χ1n) is 6.86. The first kappa shape index (κ1) is 17.1. The second-order valence-corrected chi connectivity index (χ2v) is 6.15. The fourth-order valence-corrected chi connectivity index (χ4v) is 3.25. The molecular formula is C14H17N3O5S.